The van der Waals surface area contributed by atoms with Crippen molar-refractivity contribution < 1.29 is 19.4 Å². The van der Waals surface area contributed by atoms with Crippen LogP contribution in [0.25, 0.3) is 22.3 Å². The molecular weight excluding hydrogens is 478 g/mol. The van der Waals surface area contributed by atoms with Gasteiger partial charge in [-0.3, -0.25) is 4.79 Å². The number of unbranched alkanes of at least 4 members (excludes halogenated alkanes) is 2. The van der Waals surface area contributed by atoms with E-state index in [1.165, 1.54) is 76.7 Å². The number of nitrogens with one attached hydrogen (secondary N) is 1. The molecule has 4 aliphatic carbocycles. The third kappa shape index (κ3) is 4.91. The minimum absolute atomic E-state index is 0.00700. The van der Waals surface area contributed by atoms with Crippen LogP contribution in [0.1, 0.15) is 63.4 Å². The lowest BCUT2D eigenvalue weighted by molar-refractivity contribution is -0.0512. The standard InChI is InChI=1S/C32H39NO5/c1-37-30-27(36)14-25(34)29-26(35)15-28(38-31(29)30)24-8-6-20(7-9-24)5-3-2-4-10-33-19-32-16-21-11-22(17-32)13-23(12-21)18-32/h6-9,14-15,21-23,33-34,36H,2-5,10-13,16-19H2,1H3. The first-order chi connectivity index (χ1) is 18.4. The van der Waals surface area contributed by atoms with Crippen molar-refractivity contribution in [1.29, 1.82) is 0 Å². The van der Waals surface area contributed by atoms with Crippen LogP contribution in [-0.2, 0) is 6.42 Å². The smallest absolute Gasteiger partial charge is 0.204 e. The van der Waals surface area contributed by atoms with E-state index in [4.69, 9.17) is 9.15 Å². The molecule has 1 aromatic heterocycles. The van der Waals surface area contributed by atoms with Crippen molar-refractivity contribution in [2.75, 3.05) is 20.2 Å². The van der Waals surface area contributed by atoms with E-state index >= 15 is 0 Å². The number of aryl methyl sites for hydroxylation is 1. The van der Waals surface area contributed by atoms with Gasteiger partial charge < -0.3 is 24.7 Å². The number of ether oxygens (including phenoxy) is 1. The molecule has 3 aromatic rings. The zero-order valence-electron chi connectivity index (χ0n) is 22.3. The number of hydrogen-bond donors (Lipinski definition) is 3. The normalized spacial score (nSPS) is 25.8. The maximum atomic E-state index is 12.7. The SMILES string of the molecule is COc1c(O)cc(O)c2c(=O)cc(-c3ccc(CCCCCNCC45CC6CC(CC(C6)C4)C5)cc3)oc12. The Balaban J connectivity index is 0.995. The first-order valence-electron chi connectivity index (χ1n) is 14.3. The molecule has 4 fully saturated rings. The highest BCUT2D eigenvalue weighted by atomic mass is 16.5. The molecule has 3 N–H and O–H groups in total. The molecule has 4 bridgehead atoms. The zero-order valence-corrected chi connectivity index (χ0v) is 22.3. The number of phenolic OH excluding ortho intramolecular Hbond substituents is 2. The molecule has 202 valence electrons. The Morgan fingerprint density at radius 3 is 2.29 bits per heavy atom. The van der Waals surface area contributed by atoms with Crippen molar-refractivity contribution in [3.8, 4) is 28.6 Å². The van der Waals surface area contributed by atoms with Gasteiger partial charge in [-0.25, -0.2) is 0 Å². The molecule has 0 radical (unpaired) electrons. The van der Waals surface area contributed by atoms with Crippen LogP contribution in [0, 0.1) is 23.2 Å². The molecule has 1 heterocycles. The maximum absolute atomic E-state index is 12.7. The number of rotatable bonds is 10. The van der Waals surface area contributed by atoms with Crippen LogP contribution in [-0.4, -0.2) is 30.4 Å². The molecule has 0 atom stereocenters. The molecule has 0 amide bonds. The summed E-state index contributed by atoms with van der Waals surface area (Å²) in [6.45, 7) is 2.35. The van der Waals surface area contributed by atoms with Crippen molar-refractivity contribution >= 4 is 11.0 Å². The number of hydrogen-bond acceptors (Lipinski definition) is 6. The van der Waals surface area contributed by atoms with Crippen molar-refractivity contribution in [1.82, 2.24) is 5.32 Å². The third-order valence-electron chi connectivity index (χ3n) is 9.34. The van der Waals surface area contributed by atoms with E-state index in [1.807, 2.05) is 12.1 Å². The monoisotopic (exact) mass is 517 g/mol. The average molecular weight is 518 g/mol. The number of benzene rings is 2. The second-order valence-electron chi connectivity index (χ2n) is 12.2. The van der Waals surface area contributed by atoms with Gasteiger partial charge in [-0.1, -0.05) is 30.7 Å². The Morgan fingerprint density at radius 2 is 1.63 bits per heavy atom. The van der Waals surface area contributed by atoms with Crippen LogP contribution in [0.2, 0.25) is 0 Å². The van der Waals surface area contributed by atoms with E-state index in [0.29, 0.717) is 11.2 Å². The van der Waals surface area contributed by atoms with Crippen LogP contribution < -0.4 is 15.5 Å². The van der Waals surface area contributed by atoms with Gasteiger partial charge in [-0.2, -0.15) is 0 Å². The molecule has 0 aliphatic heterocycles. The van der Waals surface area contributed by atoms with Crippen LogP contribution in [0.4, 0.5) is 0 Å². The third-order valence-corrected chi connectivity index (χ3v) is 9.34. The summed E-state index contributed by atoms with van der Waals surface area (Å²) in [7, 11) is 1.38. The summed E-state index contributed by atoms with van der Waals surface area (Å²) < 4.78 is 11.1. The van der Waals surface area contributed by atoms with E-state index in [2.05, 4.69) is 17.4 Å². The van der Waals surface area contributed by atoms with Gasteiger partial charge in [0.05, 0.1) is 7.11 Å². The summed E-state index contributed by atoms with van der Waals surface area (Å²) in [4.78, 5) is 12.7. The minimum Gasteiger partial charge on any atom is -0.507 e. The van der Waals surface area contributed by atoms with Gasteiger partial charge >= 0.3 is 0 Å². The number of aromatic hydroxyl groups is 2. The molecule has 6 heteroatoms. The zero-order chi connectivity index (χ0) is 26.3. The molecular formula is C32H39NO5. The van der Waals surface area contributed by atoms with Gasteiger partial charge in [-0.15, -0.1) is 0 Å². The number of phenols is 2. The number of fused-ring (bicyclic) bond motifs is 1. The molecule has 0 spiro atoms. The van der Waals surface area contributed by atoms with Crippen LogP contribution >= 0.6 is 0 Å². The van der Waals surface area contributed by atoms with E-state index in [0.717, 1.165) is 48.8 Å². The first kappa shape index (κ1) is 25.3. The second-order valence-corrected chi connectivity index (χ2v) is 12.2. The molecule has 0 unspecified atom stereocenters. The molecule has 7 rings (SSSR count). The lowest BCUT2D eigenvalue weighted by atomic mass is 9.49. The van der Waals surface area contributed by atoms with Crippen LogP contribution in [0.15, 0.2) is 45.6 Å². The van der Waals surface area contributed by atoms with Gasteiger partial charge in [-0.05, 0) is 93.1 Å². The topological polar surface area (TPSA) is 91.9 Å². The Bertz CT molecular complexity index is 1320. The summed E-state index contributed by atoms with van der Waals surface area (Å²) in [6.07, 6.45) is 13.6. The fourth-order valence-electron chi connectivity index (χ4n) is 8.07. The average Bonchev–Trinajstić information content (AvgIpc) is 2.87. The van der Waals surface area contributed by atoms with Crippen molar-refractivity contribution in [2.45, 2.75) is 64.2 Å². The summed E-state index contributed by atoms with van der Waals surface area (Å²) in [6, 6.07) is 10.5. The molecule has 4 aliphatic rings. The van der Waals surface area contributed by atoms with Crippen molar-refractivity contribution in [3.05, 3.63) is 52.2 Å². The quantitative estimate of drug-likeness (QED) is 0.270. The predicted octanol–water partition coefficient (Wildman–Crippen LogP) is 6.40. The minimum atomic E-state index is -0.391. The highest BCUT2D eigenvalue weighted by Gasteiger charge is 2.50. The Labute approximate surface area is 224 Å². The van der Waals surface area contributed by atoms with Gasteiger partial charge in [0.15, 0.2) is 16.8 Å². The van der Waals surface area contributed by atoms with Gasteiger partial charge in [0.2, 0.25) is 5.75 Å². The Hall–Kier alpha value is -2.99. The number of methoxy groups -OCH3 is 1. The highest BCUT2D eigenvalue weighted by molar-refractivity contribution is 5.91. The fourth-order valence-corrected chi connectivity index (χ4v) is 8.07. The highest BCUT2D eigenvalue weighted by Crippen LogP contribution is 2.59. The van der Waals surface area contributed by atoms with Gasteiger partial charge in [0.25, 0.3) is 0 Å². The molecule has 6 nitrogen and oxygen atoms in total. The summed E-state index contributed by atoms with van der Waals surface area (Å²) in [5, 5.41) is 24.0. The van der Waals surface area contributed by atoms with E-state index in [-0.39, 0.29) is 28.2 Å². The summed E-state index contributed by atoms with van der Waals surface area (Å²) >= 11 is 0. The Kier molecular flexibility index (Phi) is 6.85. The van der Waals surface area contributed by atoms with Gasteiger partial charge in [0, 0.05) is 24.2 Å². The molecule has 0 saturated heterocycles. The fraction of sp³-hybridized carbons (Fsp3) is 0.531. The van der Waals surface area contributed by atoms with Crippen LogP contribution in [0.3, 0.4) is 0 Å². The maximum Gasteiger partial charge on any atom is 0.204 e. The summed E-state index contributed by atoms with van der Waals surface area (Å²) in [5.74, 6) is 2.85. The van der Waals surface area contributed by atoms with E-state index < -0.39 is 5.43 Å². The summed E-state index contributed by atoms with van der Waals surface area (Å²) in [5.41, 5.74) is 2.27. The Morgan fingerprint density at radius 1 is 0.947 bits per heavy atom. The van der Waals surface area contributed by atoms with E-state index in [1.54, 1.807) is 0 Å². The predicted molar refractivity (Wildman–Crippen MR) is 149 cm³/mol. The largest absolute Gasteiger partial charge is 0.507 e. The first-order valence-corrected chi connectivity index (χ1v) is 14.3. The van der Waals surface area contributed by atoms with E-state index in [9.17, 15) is 15.0 Å². The lowest BCUT2D eigenvalue weighted by Gasteiger charge is -2.57. The van der Waals surface area contributed by atoms with Crippen LogP contribution in [0.5, 0.6) is 17.2 Å². The van der Waals surface area contributed by atoms with Crippen molar-refractivity contribution in [3.63, 3.8) is 0 Å². The lowest BCUT2D eigenvalue weighted by Crippen LogP contribution is -2.50. The second kappa shape index (κ2) is 10.3. The molecule has 38 heavy (non-hydrogen) atoms. The molecule has 4 saturated carbocycles. The van der Waals surface area contributed by atoms with Gasteiger partial charge in [0.1, 0.15) is 16.9 Å². The molecule has 2 aromatic carbocycles. The van der Waals surface area contributed by atoms with Crippen molar-refractivity contribution in [2.24, 2.45) is 23.2 Å².